The molecule has 4 rings (SSSR count). The summed E-state index contributed by atoms with van der Waals surface area (Å²) >= 11 is 12.9. The van der Waals surface area contributed by atoms with Gasteiger partial charge in [0.05, 0.1) is 28.1 Å². The average Bonchev–Trinajstić information content (AvgIpc) is 3.42. The van der Waals surface area contributed by atoms with E-state index in [1.165, 1.54) is 0 Å². The third-order valence-electron chi connectivity index (χ3n) is 5.25. The molecule has 1 N–H and O–H groups in total. The third-order valence-corrected chi connectivity index (χ3v) is 5.84. The van der Waals surface area contributed by atoms with Gasteiger partial charge in [0, 0.05) is 30.2 Å². The molecule has 0 bridgehead atoms. The Morgan fingerprint density at radius 3 is 2.62 bits per heavy atom. The van der Waals surface area contributed by atoms with Crippen LogP contribution in [0.15, 0.2) is 47.1 Å². The molecule has 0 aliphatic carbocycles. The smallest absolute Gasteiger partial charge is 0.307 e. The van der Waals surface area contributed by atoms with E-state index in [2.05, 4.69) is 15.5 Å². The molecule has 2 heterocycles. The van der Waals surface area contributed by atoms with E-state index < -0.39 is 5.60 Å². The zero-order chi connectivity index (χ0) is 26.7. The van der Waals surface area contributed by atoms with Crippen LogP contribution in [0, 0.1) is 0 Å². The number of aromatic nitrogens is 3. The summed E-state index contributed by atoms with van der Waals surface area (Å²) in [5.74, 6) is 1.06. The number of rotatable bonds is 9. The first-order valence-electron chi connectivity index (χ1n) is 12.0. The molecule has 37 heavy (non-hydrogen) atoms. The maximum absolute atomic E-state index is 11.9. The Bertz CT molecular complexity index is 1410. The first-order valence-corrected chi connectivity index (χ1v) is 12.8. The molecule has 2 aromatic heterocycles. The van der Waals surface area contributed by atoms with Gasteiger partial charge in [-0.05, 0) is 75.7 Å². The van der Waals surface area contributed by atoms with Crippen LogP contribution >= 0.6 is 23.2 Å². The quantitative estimate of drug-likeness (QED) is 0.187. The number of fused-ring (bicyclic) bond motifs is 1. The van der Waals surface area contributed by atoms with E-state index in [0.29, 0.717) is 52.7 Å². The van der Waals surface area contributed by atoms with Gasteiger partial charge in [-0.1, -0.05) is 29.3 Å². The van der Waals surface area contributed by atoms with Crippen molar-refractivity contribution in [3.8, 4) is 23.2 Å². The zero-order valence-electron chi connectivity index (χ0n) is 21.5. The minimum Gasteiger partial charge on any atom is -0.489 e. The number of hydrogen-bond donors (Lipinski definition) is 1. The van der Waals surface area contributed by atoms with E-state index in [9.17, 15) is 4.79 Å². The average molecular weight is 545 g/mol. The molecule has 0 saturated carbocycles. The summed E-state index contributed by atoms with van der Waals surface area (Å²) < 4.78 is 18.3. The van der Waals surface area contributed by atoms with Crippen molar-refractivity contribution in [1.82, 2.24) is 20.0 Å². The summed E-state index contributed by atoms with van der Waals surface area (Å²) in [6, 6.07) is 11.3. The van der Waals surface area contributed by atoms with Crippen molar-refractivity contribution in [2.75, 3.05) is 6.54 Å². The zero-order valence-corrected chi connectivity index (χ0v) is 23.0. The molecule has 0 spiro atoms. The molecule has 0 atom stereocenters. The highest BCUT2D eigenvalue weighted by molar-refractivity contribution is 6.35. The van der Waals surface area contributed by atoms with Crippen LogP contribution in [0.25, 0.3) is 28.3 Å². The number of carbonyl (C=O) groups is 1. The molecule has 0 unspecified atom stereocenters. The van der Waals surface area contributed by atoms with Gasteiger partial charge in [-0.15, -0.1) is 0 Å². The summed E-state index contributed by atoms with van der Waals surface area (Å²) in [4.78, 5) is 16.4. The van der Waals surface area contributed by atoms with Crippen LogP contribution in [-0.2, 0) is 16.1 Å². The van der Waals surface area contributed by atoms with Gasteiger partial charge in [-0.25, -0.2) is 0 Å². The predicted molar refractivity (Wildman–Crippen MR) is 145 cm³/mol. The van der Waals surface area contributed by atoms with Crippen LogP contribution in [0.5, 0.6) is 5.75 Å². The number of benzene rings is 2. The normalized spacial score (nSPS) is 11.9. The van der Waals surface area contributed by atoms with E-state index in [0.717, 1.165) is 16.5 Å². The Hall–Kier alpha value is -3.07. The lowest BCUT2D eigenvalue weighted by atomic mass is 10.1. The molecule has 4 aromatic rings. The summed E-state index contributed by atoms with van der Waals surface area (Å²) in [5.41, 5.74) is 2.07. The highest BCUT2D eigenvalue weighted by Crippen LogP contribution is 2.32. The van der Waals surface area contributed by atoms with Crippen molar-refractivity contribution in [1.29, 1.82) is 0 Å². The van der Waals surface area contributed by atoms with E-state index in [1.807, 2.05) is 58.9 Å². The summed E-state index contributed by atoms with van der Waals surface area (Å²) in [6.45, 7) is 10.5. The topological polar surface area (TPSA) is 91.4 Å². The fourth-order valence-corrected chi connectivity index (χ4v) is 4.22. The lowest BCUT2D eigenvalue weighted by Crippen LogP contribution is -2.26. The van der Waals surface area contributed by atoms with Gasteiger partial charge in [0.2, 0.25) is 0 Å². The predicted octanol–water partition coefficient (Wildman–Crippen LogP) is 6.60. The van der Waals surface area contributed by atoms with Crippen LogP contribution in [0.1, 0.15) is 46.6 Å². The van der Waals surface area contributed by atoms with E-state index in [-0.39, 0.29) is 12.1 Å². The first kappa shape index (κ1) is 27.0. The van der Waals surface area contributed by atoms with Gasteiger partial charge >= 0.3 is 5.97 Å². The number of nitrogens with zero attached hydrogens (tertiary/aromatic N) is 3. The fraction of sp³-hybridized carbons (Fsp3) is 0.370. The van der Waals surface area contributed by atoms with Crippen LogP contribution < -0.4 is 10.1 Å². The van der Waals surface area contributed by atoms with E-state index in [1.54, 1.807) is 22.9 Å². The second kappa shape index (κ2) is 11.1. The number of carbonyl (C=O) groups excluding carboxylic acids is 1. The molecule has 0 saturated heterocycles. The van der Waals surface area contributed by atoms with Gasteiger partial charge in [0.1, 0.15) is 11.4 Å². The van der Waals surface area contributed by atoms with Crippen molar-refractivity contribution in [3.63, 3.8) is 0 Å². The van der Waals surface area contributed by atoms with E-state index in [4.69, 9.17) is 37.2 Å². The Kier molecular flexibility index (Phi) is 8.11. The summed E-state index contributed by atoms with van der Waals surface area (Å²) in [5, 5.41) is 9.30. The van der Waals surface area contributed by atoms with Gasteiger partial charge in [0.25, 0.3) is 11.8 Å². The molecule has 0 aliphatic heterocycles. The number of halogens is 2. The molecule has 0 radical (unpaired) electrons. The molecule has 10 heteroatoms. The van der Waals surface area contributed by atoms with Crippen LogP contribution in [0.4, 0.5) is 0 Å². The monoisotopic (exact) mass is 544 g/mol. The highest BCUT2D eigenvalue weighted by atomic mass is 35.5. The van der Waals surface area contributed by atoms with Crippen molar-refractivity contribution in [3.05, 3.63) is 58.2 Å². The standard InChI is InChI=1S/C27H30Cl2N4O4/c1-16(2)35-23-9-7-18(13-20(23)28)25-31-26(32-37-25)33-15-21(29)19-12-17(6-8-22(19)33)14-30-11-10-24(34)36-27(3,4)5/h6-9,12-13,15-16,30H,10-11,14H2,1-5H3. The van der Waals surface area contributed by atoms with Gasteiger partial charge in [0.15, 0.2) is 0 Å². The van der Waals surface area contributed by atoms with Gasteiger partial charge < -0.3 is 19.3 Å². The Morgan fingerprint density at radius 1 is 1.14 bits per heavy atom. The highest BCUT2D eigenvalue weighted by Gasteiger charge is 2.17. The fourth-order valence-electron chi connectivity index (χ4n) is 3.74. The Labute approximate surface area is 225 Å². The van der Waals surface area contributed by atoms with Crippen molar-refractivity contribution in [2.24, 2.45) is 0 Å². The second-order valence-electron chi connectivity index (χ2n) is 9.92. The summed E-state index contributed by atoms with van der Waals surface area (Å²) in [6.07, 6.45) is 2.07. The van der Waals surface area contributed by atoms with Crippen LogP contribution in [0.2, 0.25) is 10.0 Å². The molecule has 2 aromatic carbocycles. The first-order chi connectivity index (χ1) is 17.5. The van der Waals surface area contributed by atoms with Gasteiger partial charge in [-0.2, -0.15) is 4.98 Å². The number of ether oxygens (including phenoxy) is 2. The third kappa shape index (κ3) is 6.83. The van der Waals surface area contributed by atoms with Gasteiger partial charge in [-0.3, -0.25) is 9.36 Å². The number of hydrogen-bond acceptors (Lipinski definition) is 7. The molecular formula is C27H30Cl2N4O4. The maximum Gasteiger partial charge on any atom is 0.307 e. The van der Waals surface area contributed by atoms with Crippen LogP contribution in [0.3, 0.4) is 0 Å². The molecule has 0 amide bonds. The Morgan fingerprint density at radius 2 is 1.92 bits per heavy atom. The number of esters is 1. The van der Waals surface area contributed by atoms with Crippen molar-refractivity contribution >= 4 is 40.1 Å². The molecule has 0 fully saturated rings. The molecule has 8 nitrogen and oxygen atoms in total. The van der Waals surface area contributed by atoms with Crippen molar-refractivity contribution in [2.45, 2.75) is 59.3 Å². The van der Waals surface area contributed by atoms with Crippen LogP contribution in [-0.4, -0.2) is 38.9 Å². The molecule has 196 valence electrons. The number of nitrogens with one attached hydrogen (secondary N) is 1. The lowest BCUT2D eigenvalue weighted by Gasteiger charge is -2.19. The summed E-state index contributed by atoms with van der Waals surface area (Å²) in [7, 11) is 0. The maximum atomic E-state index is 11.9. The van der Waals surface area contributed by atoms with E-state index >= 15 is 0 Å². The minimum atomic E-state index is -0.481. The SMILES string of the molecule is CC(C)Oc1ccc(-c2nc(-n3cc(Cl)c4cc(CNCCC(=O)OC(C)(C)C)ccc43)no2)cc1Cl. The molecule has 0 aliphatic rings. The van der Waals surface area contributed by atoms with Crippen molar-refractivity contribution < 1.29 is 18.8 Å². The minimum absolute atomic E-state index is 0.0126. The second-order valence-corrected chi connectivity index (χ2v) is 10.7. The largest absolute Gasteiger partial charge is 0.489 e. The molecular weight excluding hydrogens is 515 g/mol. The lowest BCUT2D eigenvalue weighted by molar-refractivity contribution is -0.154. The Balaban J connectivity index is 1.46.